The number of hydrogen-bond donors (Lipinski definition) is 1. The third kappa shape index (κ3) is 2.41. The van der Waals surface area contributed by atoms with Crippen molar-refractivity contribution in [1.82, 2.24) is 5.32 Å². The summed E-state index contributed by atoms with van der Waals surface area (Å²) in [5.41, 5.74) is 2.81. The SMILES string of the molecule is CC1=C(NC(C)C)C=CCC1. The molecule has 0 radical (unpaired) electrons. The minimum Gasteiger partial charge on any atom is -0.383 e. The van der Waals surface area contributed by atoms with Gasteiger partial charge in [0.1, 0.15) is 0 Å². The van der Waals surface area contributed by atoms with Crippen LogP contribution in [0.4, 0.5) is 0 Å². The van der Waals surface area contributed by atoms with Gasteiger partial charge in [-0.15, -0.1) is 0 Å². The summed E-state index contributed by atoms with van der Waals surface area (Å²) in [4.78, 5) is 0. The third-order valence-electron chi connectivity index (χ3n) is 1.87. The molecule has 1 nitrogen and oxygen atoms in total. The normalized spacial score (nSPS) is 17.8. The molecular formula is C10H17N. The summed E-state index contributed by atoms with van der Waals surface area (Å²) in [6.45, 7) is 6.54. The maximum atomic E-state index is 3.42. The van der Waals surface area contributed by atoms with Gasteiger partial charge in [-0.3, -0.25) is 0 Å². The van der Waals surface area contributed by atoms with Gasteiger partial charge in [0, 0.05) is 11.7 Å². The van der Waals surface area contributed by atoms with Crippen LogP contribution in [0.3, 0.4) is 0 Å². The van der Waals surface area contributed by atoms with Crippen LogP contribution >= 0.6 is 0 Å². The van der Waals surface area contributed by atoms with Crippen molar-refractivity contribution in [2.75, 3.05) is 0 Å². The van der Waals surface area contributed by atoms with E-state index >= 15 is 0 Å². The first-order chi connectivity index (χ1) is 5.20. The number of rotatable bonds is 2. The van der Waals surface area contributed by atoms with E-state index in [0.717, 1.165) is 0 Å². The van der Waals surface area contributed by atoms with E-state index in [-0.39, 0.29) is 0 Å². The van der Waals surface area contributed by atoms with Crippen LogP contribution in [-0.2, 0) is 0 Å². The van der Waals surface area contributed by atoms with E-state index in [2.05, 4.69) is 38.2 Å². The Morgan fingerprint density at radius 3 is 2.73 bits per heavy atom. The van der Waals surface area contributed by atoms with Crippen molar-refractivity contribution in [3.8, 4) is 0 Å². The maximum absolute atomic E-state index is 3.42. The lowest BCUT2D eigenvalue weighted by molar-refractivity contribution is 0.666. The Hall–Kier alpha value is -0.720. The molecular weight excluding hydrogens is 134 g/mol. The van der Waals surface area contributed by atoms with Crippen LogP contribution < -0.4 is 5.32 Å². The molecule has 0 aliphatic heterocycles. The Balaban J connectivity index is 2.60. The van der Waals surface area contributed by atoms with Crippen molar-refractivity contribution < 1.29 is 0 Å². The van der Waals surface area contributed by atoms with Crippen LogP contribution in [0.2, 0.25) is 0 Å². The van der Waals surface area contributed by atoms with Gasteiger partial charge in [-0.05, 0) is 45.3 Å². The molecule has 0 aromatic heterocycles. The van der Waals surface area contributed by atoms with Gasteiger partial charge in [-0.1, -0.05) is 6.08 Å². The maximum Gasteiger partial charge on any atom is 0.0328 e. The quantitative estimate of drug-likeness (QED) is 0.639. The van der Waals surface area contributed by atoms with Gasteiger partial charge in [-0.25, -0.2) is 0 Å². The van der Waals surface area contributed by atoms with E-state index in [9.17, 15) is 0 Å². The largest absolute Gasteiger partial charge is 0.383 e. The first-order valence-corrected chi connectivity index (χ1v) is 4.33. The van der Waals surface area contributed by atoms with Crippen LogP contribution in [0.5, 0.6) is 0 Å². The predicted molar refractivity (Wildman–Crippen MR) is 49.3 cm³/mol. The van der Waals surface area contributed by atoms with Gasteiger partial charge in [0.15, 0.2) is 0 Å². The Bertz CT molecular complexity index is 187. The van der Waals surface area contributed by atoms with Crippen LogP contribution in [0, 0.1) is 0 Å². The Labute approximate surface area is 69.2 Å². The summed E-state index contributed by atoms with van der Waals surface area (Å²) in [5, 5.41) is 3.42. The molecule has 1 N–H and O–H groups in total. The molecule has 0 saturated carbocycles. The molecule has 11 heavy (non-hydrogen) atoms. The van der Waals surface area contributed by atoms with Crippen molar-refractivity contribution in [1.29, 1.82) is 0 Å². The third-order valence-corrected chi connectivity index (χ3v) is 1.87. The zero-order chi connectivity index (χ0) is 8.27. The second-order valence-corrected chi connectivity index (χ2v) is 3.43. The zero-order valence-corrected chi connectivity index (χ0v) is 7.65. The summed E-state index contributed by atoms with van der Waals surface area (Å²) in [5.74, 6) is 0. The molecule has 62 valence electrons. The number of nitrogens with one attached hydrogen (secondary N) is 1. The van der Waals surface area contributed by atoms with E-state index in [1.807, 2.05) is 0 Å². The van der Waals surface area contributed by atoms with Gasteiger partial charge in [0.2, 0.25) is 0 Å². The summed E-state index contributed by atoms with van der Waals surface area (Å²) < 4.78 is 0. The highest BCUT2D eigenvalue weighted by atomic mass is 14.9. The van der Waals surface area contributed by atoms with Crippen molar-refractivity contribution in [3.05, 3.63) is 23.4 Å². The van der Waals surface area contributed by atoms with E-state index in [4.69, 9.17) is 0 Å². The van der Waals surface area contributed by atoms with Crippen molar-refractivity contribution in [2.24, 2.45) is 0 Å². The van der Waals surface area contributed by atoms with E-state index in [1.165, 1.54) is 24.1 Å². The molecule has 1 aliphatic rings. The van der Waals surface area contributed by atoms with Gasteiger partial charge in [0.25, 0.3) is 0 Å². The molecule has 0 fully saturated rings. The van der Waals surface area contributed by atoms with Crippen molar-refractivity contribution in [2.45, 2.75) is 39.7 Å². The van der Waals surface area contributed by atoms with Crippen LogP contribution in [0.1, 0.15) is 33.6 Å². The summed E-state index contributed by atoms with van der Waals surface area (Å²) in [6.07, 6.45) is 6.84. The lowest BCUT2D eigenvalue weighted by Crippen LogP contribution is -2.22. The number of hydrogen-bond acceptors (Lipinski definition) is 1. The lowest BCUT2D eigenvalue weighted by Gasteiger charge is -2.17. The molecule has 0 aromatic rings. The molecule has 1 rings (SSSR count). The van der Waals surface area contributed by atoms with E-state index in [0.29, 0.717) is 6.04 Å². The summed E-state index contributed by atoms with van der Waals surface area (Å²) >= 11 is 0. The molecule has 0 saturated heterocycles. The Kier molecular flexibility index (Phi) is 2.75. The molecule has 0 amide bonds. The smallest absolute Gasteiger partial charge is 0.0328 e. The minimum atomic E-state index is 0.544. The molecule has 1 aliphatic carbocycles. The Morgan fingerprint density at radius 2 is 2.18 bits per heavy atom. The highest BCUT2D eigenvalue weighted by molar-refractivity contribution is 5.26. The van der Waals surface area contributed by atoms with E-state index in [1.54, 1.807) is 0 Å². The highest BCUT2D eigenvalue weighted by Crippen LogP contribution is 2.16. The fourth-order valence-corrected chi connectivity index (χ4v) is 1.26. The van der Waals surface area contributed by atoms with Gasteiger partial charge >= 0.3 is 0 Å². The van der Waals surface area contributed by atoms with Crippen LogP contribution in [-0.4, -0.2) is 6.04 Å². The fourth-order valence-electron chi connectivity index (χ4n) is 1.26. The van der Waals surface area contributed by atoms with Crippen LogP contribution in [0.25, 0.3) is 0 Å². The second kappa shape index (κ2) is 3.61. The molecule has 0 spiro atoms. The predicted octanol–water partition coefficient (Wildman–Crippen LogP) is 2.61. The van der Waals surface area contributed by atoms with Crippen LogP contribution in [0.15, 0.2) is 23.4 Å². The van der Waals surface area contributed by atoms with Gasteiger partial charge < -0.3 is 5.32 Å². The second-order valence-electron chi connectivity index (χ2n) is 3.43. The lowest BCUT2D eigenvalue weighted by atomic mass is 10.0. The molecule has 1 heteroatoms. The van der Waals surface area contributed by atoms with Crippen molar-refractivity contribution >= 4 is 0 Å². The topological polar surface area (TPSA) is 12.0 Å². The molecule has 0 atom stereocenters. The minimum absolute atomic E-state index is 0.544. The van der Waals surface area contributed by atoms with E-state index < -0.39 is 0 Å². The summed E-state index contributed by atoms with van der Waals surface area (Å²) in [6, 6.07) is 0.544. The van der Waals surface area contributed by atoms with Gasteiger partial charge in [0.05, 0.1) is 0 Å². The molecule has 0 unspecified atom stereocenters. The molecule has 0 aromatic carbocycles. The average Bonchev–Trinajstić information content (AvgIpc) is 1.93. The average molecular weight is 151 g/mol. The molecule has 0 heterocycles. The monoisotopic (exact) mass is 151 g/mol. The first-order valence-electron chi connectivity index (χ1n) is 4.33. The van der Waals surface area contributed by atoms with Gasteiger partial charge in [-0.2, -0.15) is 0 Å². The molecule has 0 bridgehead atoms. The Morgan fingerprint density at radius 1 is 1.45 bits per heavy atom. The van der Waals surface area contributed by atoms with Crippen molar-refractivity contribution in [3.63, 3.8) is 0 Å². The standard InChI is InChI=1S/C10H17N/c1-8(2)11-10-7-5-4-6-9(10)3/h5,7-8,11H,4,6H2,1-3H3. The summed E-state index contributed by atoms with van der Waals surface area (Å²) in [7, 11) is 0. The number of allylic oxidation sites excluding steroid dienone is 3. The fraction of sp³-hybridized carbons (Fsp3) is 0.600. The first kappa shape index (κ1) is 8.38. The highest BCUT2D eigenvalue weighted by Gasteiger charge is 2.03. The zero-order valence-electron chi connectivity index (χ0n) is 7.65.